The quantitative estimate of drug-likeness (QED) is 0.341. The predicted octanol–water partition coefficient (Wildman–Crippen LogP) is -5.60. The minimum Gasteiger partial charge on any atom is -1.00 e. The molecule has 1 nitrogen and oxygen atoms in total. The molecular formula is C3H8ClNaO. The van der Waals surface area contributed by atoms with Crippen LogP contribution in [-0.4, -0.2) is 11.7 Å². The summed E-state index contributed by atoms with van der Waals surface area (Å²) in [5.41, 5.74) is 0. The van der Waals surface area contributed by atoms with E-state index in [-0.39, 0.29) is 42.0 Å². The summed E-state index contributed by atoms with van der Waals surface area (Å²) in [6.07, 6.45) is 0.875. The zero-order valence-electron chi connectivity index (χ0n) is 4.24. The average molecular weight is 119 g/mol. The van der Waals surface area contributed by atoms with Gasteiger partial charge in [0.05, 0.1) is 0 Å². The van der Waals surface area contributed by atoms with Crippen molar-refractivity contribution in [2.45, 2.75) is 13.3 Å². The Morgan fingerprint density at radius 2 is 1.67 bits per heavy atom. The summed E-state index contributed by atoms with van der Waals surface area (Å²) in [7, 11) is 0. The van der Waals surface area contributed by atoms with Crippen molar-refractivity contribution in [3.63, 3.8) is 0 Å². The molecule has 0 rings (SSSR count). The monoisotopic (exact) mass is 118 g/mol. The van der Waals surface area contributed by atoms with E-state index in [2.05, 4.69) is 0 Å². The van der Waals surface area contributed by atoms with E-state index in [0.717, 1.165) is 6.42 Å². The van der Waals surface area contributed by atoms with Crippen LogP contribution in [0.25, 0.3) is 0 Å². The summed E-state index contributed by atoms with van der Waals surface area (Å²) < 4.78 is 0. The summed E-state index contributed by atoms with van der Waals surface area (Å²) in [6.45, 7) is 2.25. The molecule has 6 heavy (non-hydrogen) atoms. The van der Waals surface area contributed by atoms with E-state index in [1.165, 1.54) is 0 Å². The molecule has 0 aromatic rings. The summed E-state index contributed by atoms with van der Waals surface area (Å²) in [6, 6.07) is 0. The van der Waals surface area contributed by atoms with E-state index in [9.17, 15) is 0 Å². The van der Waals surface area contributed by atoms with E-state index in [1.807, 2.05) is 6.92 Å². The van der Waals surface area contributed by atoms with Gasteiger partial charge in [-0.1, -0.05) is 6.92 Å². The Hall–Kier alpha value is 1.25. The SMILES string of the molecule is CCCO.[Cl-].[Na+]. The summed E-state index contributed by atoms with van der Waals surface area (Å²) >= 11 is 0. The van der Waals surface area contributed by atoms with Crippen LogP contribution in [0.2, 0.25) is 0 Å². The molecule has 0 spiro atoms. The van der Waals surface area contributed by atoms with Crippen molar-refractivity contribution in [2.75, 3.05) is 6.61 Å². The maximum absolute atomic E-state index is 7.88. The number of hydrogen-bond acceptors (Lipinski definition) is 1. The molecule has 1 N–H and O–H groups in total. The zero-order valence-corrected chi connectivity index (χ0v) is 7.00. The van der Waals surface area contributed by atoms with Gasteiger partial charge in [-0.15, -0.1) is 0 Å². The second kappa shape index (κ2) is 16.3. The first-order chi connectivity index (χ1) is 1.91. The third-order valence-corrected chi connectivity index (χ3v) is 0.224. The van der Waals surface area contributed by atoms with Crippen molar-refractivity contribution >= 4 is 0 Å². The smallest absolute Gasteiger partial charge is 1.00 e. The first-order valence-corrected chi connectivity index (χ1v) is 1.52. The molecule has 0 aliphatic rings. The minimum absolute atomic E-state index is 0. The molecule has 0 bridgehead atoms. The van der Waals surface area contributed by atoms with Gasteiger partial charge in [-0.25, -0.2) is 0 Å². The van der Waals surface area contributed by atoms with Crippen LogP contribution in [0.15, 0.2) is 0 Å². The van der Waals surface area contributed by atoms with Gasteiger partial charge in [0.25, 0.3) is 0 Å². The molecule has 0 amide bonds. The molecule has 0 radical (unpaired) electrons. The Labute approximate surface area is 66.8 Å². The Balaban J connectivity index is -0.0000000450. The van der Waals surface area contributed by atoms with E-state index >= 15 is 0 Å². The predicted molar refractivity (Wildman–Crippen MR) is 17.4 cm³/mol. The van der Waals surface area contributed by atoms with E-state index in [0.29, 0.717) is 6.61 Å². The van der Waals surface area contributed by atoms with Crippen molar-refractivity contribution < 1.29 is 47.1 Å². The first-order valence-electron chi connectivity index (χ1n) is 1.52. The number of halogens is 1. The normalized spacial score (nSPS) is 5.00. The van der Waals surface area contributed by atoms with Gasteiger partial charge in [-0.2, -0.15) is 0 Å². The molecular weight excluding hydrogens is 110 g/mol. The molecule has 0 fully saturated rings. The van der Waals surface area contributed by atoms with Crippen molar-refractivity contribution in [1.82, 2.24) is 0 Å². The third-order valence-electron chi connectivity index (χ3n) is 0.224. The van der Waals surface area contributed by atoms with E-state index in [4.69, 9.17) is 5.11 Å². The van der Waals surface area contributed by atoms with Crippen LogP contribution >= 0.6 is 0 Å². The van der Waals surface area contributed by atoms with Crippen LogP contribution in [0.3, 0.4) is 0 Å². The molecule has 3 heteroatoms. The summed E-state index contributed by atoms with van der Waals surface area (Å²) in [5, 5.41) is 7.88. The molecule has 0 aromatic carbocycles. The summed E-state index contributed by atoms with van der Waals surface area (Å²) in [5.74, 6) is 0. The third kappa shape index (κ3) is 18.7. The van der Waals surface area contributed by atoms with Crippen molar-refractivity contribution in [2.24, 2.45) is 0 Å². The van der Waals surface area contributed by atoms with Gasteiger partial charge < -0.3 is 17.5 Å². The van der Waals surface area contributed by atoms with Crippen molar-refractivity contribution in [3.8, 4) is 0 Å². The topological polar surface area (TPSA) is 20.2 Å². The fourth-order valence-corrected chi connectivity index (χ4v) is 0. The van der Waals surface area contributed by atoms with E-state index < -0.39 is 0 Å². The fourth-order valence-electron chi connectivity index (χ4n) is 0. The molecule has 0 saturated carbocycles. The Bertz CT molecular complexity index is 12.8. The molecule has 0 aromatic heterocycles. The largest absolute Gasteiger partial charge is 1.00 e. The maximum atomic E-state index is 7.88. The second-order valence-electron chi connectivity index (χ2n) is 0.724. The van der Waals surface area contributed by atoms with Crippen LogP contribution in [0.4, 0.5) is 0 Å². The van der Waals surface area contributed by atoms with Crippen LogP contribution in [-0.2, 0) is 0 Å². The van der Waals surface area contributed by atoms with Crippen molar-refractivity contribution in [3.05, 3.63) is 0 Å². The minimum atomic E-state index is 0. The second-order valence-corrected chi connectivity index (χ2v) is 0.724. The molecule has 0 atom stereocenters. The fraction of sp³-hybridized carbons (Fsp3) is 1.00. The molecule has 34 valence electrons. The number of rotatable bonds is 1. The number of hydrogen-bond donors (Lipinski definition) is 1. The molecule has 0 aliphatic carbocycles. The molecule has 0 unspecified atom stereocenters. The average Bonchev–Trinajstić information content (AvgIpc) is 1.37. The summed E-state index contributed by atoms with van der Waals surface area (Å²) in [4.78, 5) is 0. The zero-order chi connectivity index (χ0) is 3.41. The van der Waals surface area contributed by atoms with Crippen molar-refractivity contribution in [1.29, 1.82) is 0 Å². The van der Waals surface area contributed by atoms with Gasteiger partial charge in [0.2, 0.25) is 0 Å². The maximum Gasteiger partial charge on any atom is 1.00 e. The van der Waals surface area contributed by atoms with E-state index in [1.54, 1.807) is 0 Å². The van der Waals surface area contributed by atoms with Crippen LogP contribution in [0, 0.1) is 0 Å². The Morgan fingerprint density at radius 3 is 1.67 bits per heavy atom. The first kappa shape index (κ1) is 15.7. The van der Waals surface area contributed by atoms with Crippen LogP contribution < -0.4 is 42.0 Å². The Morgan fingerprint density at radius 1 is 1.50 bits per heavy atom. The van der Waals surface area contributed by atoms with Gasteiger partial charge in [0.15, 0.2) is 0 Å². The van der Waals surface area contributed by atoms with Gasteiger partial charge in [0.1, 0.15) is 0 Å². The molecule has 0 heterocycles. The molecule has 0 saturated heterocycles. The van der Waals surface area contributed by atoms with Crippen LogP contribution in [0.1, 0.15) is 13.3 Å². The Kier molecular flexibility index (Phi) is 42.6. The van der Waals surface area contributed by atoms with Crippen LogP contribution in [0.5, 0.6) is 0 Å². The van der Waals surface area contributed by atoms with Gasteiger partial charge in [-0.3, -0.25) is 0 Å². The number of aliphatic hydroxyl groups is 1. The number of aliphatic hydroxyl groups excluding tert-OH is 1. The van der Waals surface area contributed by atoms with Gasteiger partial charge in [0, 0.05) is 6.61 Å². The van der Waals surface area contributed by atoms with Gasteiger partial charge >= 0.3 is 29.6 Å². The molecule has 0 aliphatic heterocycles. The van der Waals surface area contributed by atoms with Gasteiger partial charge in [-0.05, 0) is 6.42 Å². The standard InChI is InChI=1S/C3H8O.ClH.Na/c1-2-3-4;;/h4H,2-3H2,1H3;1H;/q;;+1/p-1.